The van der Waals surface area contributed by atoms with Crippen molar-refractivity contribution in [2.45, 2.75) is 29.7 Å². The summed E-state index contributed by atoms with van der Waals surface area (Å²) in [5, 5.41) is 0. The lowest BCUT2D eigenvalue weighted by Crippen LogP contribution is -0.674. The summed E-state index contributed by atoms with van der Waals surface area (Å²) in [5.41, 5.74) is 0. The Balaban J connectivity index is -0.000000000333. The third-order valence-electron chi connectivity index (χ3n) is 0. The molecule has 3 heteroatoms. The van der Waals surface area contributed by atoms with Crippen molar-refractivity contribution in [3.63, 3.8) is 0 Å². The first-order valence-corrected chi connectivity index (χ1v) is 0.167. The van der Waals surface area contributed by atoms with Gasteiger partial charge in [-0.1, -0.05) is 29.7 Å². The normalized spacial score (nSPS) is 0.571. The van der Waals surface area contributed by atoms with Gasteiger partial charge in [0, 0.05) is 11.4 Å². The Morgan fingerprint density at radius 2 is 0.714 bits per heavy atom. The van der Waals surface area contributed by atoms with Crippen LogP contribution in [0.3, 0.4) is 0 Å². The first-order chi connectivity index (χ1) is 1.00. The molecule has 0 unspecified atom stereocenters. The Morgan fingerprint density at radius 1 is 0.714 bits per heavy atom. The van der Waals surface area contributed by atoms with E-state index in [-0.39, 0.29) is 36.6 Å². The molecule has 0 saturated carbocycles. The van der Waals surface area contributed by atoms with Crippen LogP contribution in [0.4, 0.5) is 0 Å². The molecule has 0 radical (unpaired) electrons. The average molecular weight is 116 g/mol. The molecule has 0 aliphatic carbocycles. The molecular formula is C4H20O3. The van der Waals surface area contributed by atoms with Gasteiger partial charge in [0.15, 0.2) is 0 Å². The Hall–Kier alpha value is -0.440. The minimum absolute atomic E-state index is 0. The first kappa shape index (κ1) is 647. The van der Waals surface area contributed by atoms with Crippen LogP contribution in [0, 0.1) is 9.93 Å². The Labute approximate surface area is 47.8 Å². The number of hydrogen-bond donors (Lipinski definition) is 0. The van der Waals surface area contributed by atoms with E-state index in [1.807, 2.05) is 0 Å². The van der Waals surface area contributed by atoms with E-state index in [4.69, 9.17) is 9.93 Å². The van der Waals surface area contributed by atoms with Crippen LogP contribution in [-0.4, -0.2) is 5.48 Å². The molecule has 3 nitrogen and oxygen atoms in total. The maximum Gasteiger partial charge on any atom is 0 e. The van der Waals surface area contributed by atoms with Gasteiger partial charge >= 0.3 is 0 Å². The number of rotatable bonds is 0. The van der Waals surface area contributed by atoms with E-state index in [0.717, 1.165) is 0 Å². The lowest BCUT2D eigenvalue weighted by molar-refractivity contribution is 0.824. The van der Waals surface area contributed by atoms with Gasteiger partial charge in [-0.2, -0.15) is 0 Å². The van der Waals surface area contributed by atoms with Crippen molar-refractivity contribution < 1.29 is 6.90 Å². The molecular weight excluding hydrogens is 96.0 g/mol. The minimum Gasteiger partial charge on any atom is -0.412 e. The van der Waals surface area contributed by atoms with Crippen LogP contribution in [-0.2, 0) is 0 Å². The second-order valence-corrected chi connectivity index (χ2v) is 0. The van der Waals surface area contributed by atoms with E-state index in [0.29, 0.717) is 0 Å². The molecule has 0 bridgehead atoms. The average Bonchev–Trinajstić information content (AvgIpc) is 1.00. The Morgan fingerprint density at radius 3 is 0.714 bits per heavy atom. The lowest BCUT2D eigenvalue weighted by Gasteiger charge is -0.707. The topological polar surface area (TPSA) is 65.6 Å². The van der Waals surface area contributed by atoms with E-state index < -0.39 is 0 Å². The molecule has 0 fully saturated rings. The van der Waals surface area contributed by atoms with Crippen molar-refractivity contribution in [3.05, 3.63) is 9.93 Å². The molecule has 7 heavy (non-hydrogen) atoms. The molecule has 54 valence electrons. The van der Waals surface area contributed by atoms with E-state index in [9.17, 15) is 0 Å². The summed E-state index contributed by atoms with van der Waals surface area (Å²) < 4.78 is 0. The van der Waals surface area contributed by atoms with Crippen molar-refractivity contribution in [1.29, 1.82) is 0 Å². The van der Waals surface area contributed by atoms with Crippen LogP contribution < -0.4 is 0 Å². The van der Waals surface area contributed by atoms with Gasteiger partial charge in [0.1, 0.15) is 0 Å². The van der Waals surface area contributed by atoms with E-state index in [2.05, 4.69) is 0 Å². The van der Waals surface area contributed by atoms with Crippen molar-refractivity contribution in [2.24, 2.45) is 0 Å². The zero-order valence-electron chi connectivity index (χ0n) is 1.32. The molecule has 0 aromatic rings. The molecule has 0 saturated heterocycles. The SMILES string of the molecule is C.C.C.C.O.O=O.[HH]. The molecule has 0 aliphatic heterocycles. The Kier molecular flexibility index (Phi) is 55200. The molecule has 0 aromatic heterocycles. The van der Waals surface area contributed by atoms with Gasteiger partial charge in [0.25, 0.3) is 0 Å². The number of hydrogen-bond acceptors (Lipinski definition) is 2. The van der Waals surface area contributed by atoms with Crippen LogP contribution in [0.15, 0.2) is 0 Å². The fourth-order valence-corrected chi connectivity index (χ4v) is 0. The maximum atomic E-state index is 7.00. The van der Waals surface area contributed by atoms with Gasteiger partial charge in [0.05, 0.1) is 0 Å². The van der Waals surface area contributed by atoms with E-state index in [1.165, 1.54) is 0 Å². The highest BCUT2D eigenvalue weighted by Gasteiger charge is 0.707. The molecule has 0 spiro atoms. The predicted molar refractivity (Wildman–Crippen MR) is 39.4 cm³/mol. The fourth-order valence-electron chi connectivity index (χ4n) is 0. The van der Waals surface area contributed by atoms with E-state index >= 15 is 0 Å². The van der Waals surface area contributed by atoms with Crippen LogP contribution in [0.1, 0.15) is 31.1 Å². The van der Waals surface area contributed by atoms with Crippen molar-refractivity contribution in [1.82, 2.24) is 0 Å². The summed E-state index contributed by atoms with van der Waals surface area (Å²) in [4.78, 5) is 14.0. The van der Waals surface area contributed by atoms with Crippen LogP contribution in [0.5, 0.6) is 0 Å². The van der Waals surface area contributed by atoms with Gasteiger partial charge in [-0.25, -0.2) is 0 Å². The summed E-state index contributed by atoms with van der Waals surface area (Å²) in [7, 11) is 0. The highest BCUT2D eigenvalue weighted by Crippen LogP contribution is 0.741. The zero-order chi connectivity index (χ0) is 2.00. The summed E-state index contributed by atoms with van der Waals surface area (Å²) in [6.45, 7) is 0. The third kappa shape index (κ3) is 364. The smallest absolute Gasteiger partial charge is 0 e. The van der Waals surface area contributed by atoms with Gasteiger partial charge in [0.2, 0.25) is 0 Å². The summed E-state index contributed by atoms with van der Waals surface area (Å²) in [6.07, 6.45) is 0. The van der Waals surface area contributed by atoms with Crippen LogP contribution in [0.25, 0.3) is 0 Å². The third-order valence-corrected chi connectivity index (χ3v) is 0. The van der Waals surface area contributed by atoms with Gasteiger partial charge in [-0.05, 0) is 0 Å². The monoisotopic (exact) mass is 116 g/mol. The second-order valence-electron chi connectivity index (χ2n) is 0. The van der Waals surface area contributed by atoms with E-state index in [1.54, 1.807) is 0 Å². The quantitative estimate of drug-likeness (QED) is 0.486. The second kappa shape index (κ2) is 597. The summed E-state index contributed by atoms with van der Waals surface area (Å²) in [6, 6.07) is 0. The zero-order valence-corrected chi connectivity index (χ0v) is 1.32. The molecule has 0 rings (SSSR count). The van der Waals surface area contributed by atoms with Gasteiger partial charge in [-0.3, -0.25) is 0 Å². The molecule has 2 N–H and O–H groups in total. The standard InChI is InChI=1S/4CH4.O2.H2O.H2/c;;;;1-2;;/h4*1H4;;1H2;1H. The minimum atomic E-state index is 0. The molecule has 0 atom stereocenters. The van der Waals surface area contributed by atoms with Gasteiger partial charge in [-0.15, -0.1) is 0 Å². The summed E-state index contributed by atoms with van der Waals surface area (Å²) >= 11 is 0. The molecule has 0 amide bonds. The van der Waals surface area contributed by atoms with Crippen molar-refractivity contribution in [2.75, 3.05) is 0 Å². The predicted octanol–water partition coefficient (Wildman–Crippen LogP) is 2.03. The first-order valence-electron chi connectivity index (χ1n) is 0.167. The van der Waals surface area contributed by atoms with Crippen molar-refractivity contribution >= 4 is 0 Å². The highest BCUT2D eigenvalue weighted by atomic mass is 16.7. The Bertz CT molecular complexity index is 11.2. The molecule has 0 aliphatic rings. The highest BCUT2D eigenvalue weighted by molar-refractivity contribution is 4.07. The van der Waals surface area contributed by atoms with Crippen LogP contribution >= 0.6 is 0 Å². The summed E-state index contributed by atoms with van der Waals surface area (Å²) in [5.74, 6) is 0. The van der Waals surface area contributed by atoms with Gasteiger partial charge < -0.3 is 5.48 Å². The maximum absolute atomic E-state index is 7.00. The van der Waals surface area contributed by atoms with Crippen molar-refractivity contribution in [3.8, 4) is 0 Å². The molecule has 0 heterocycles. The lowest BCUT2D eigenvalue weighted by atomic mass is 12.0. The largest absolute Gasteiger partial charge is 0.412 e. The molecule has 0 aromatic carbocycles. The fraction of sp³-hybridized carbons (Fsp3) is 1.00. The van der Waals surface area contributed by atoms with Crippen LogP contribution in [0.2, 0.25) is 0 Å².